The van der Waals surface area contributed by atoms with E-state index >= 15 is 0 Å². The van der Waals surface area contributed by atoms with Gasteiger partial charge in [0.2, 0.25) is 5.91 Å². The highest BCUT2D eigenvalue weighted by Gasteiger charge is 2.29. The molecule has 2 aromatic carbocycles. The summed E-state index contributed by atoms with van der Waals surface area (Å²) >= 11 is 3.47. The van der Waals surface area contributed by atoms with Gasteiger partial charge in [-0.25, -0.2) is 9.97 Å². The molecule has 3 aromatic rings. The minimum Gasteiger partial charge on any atom is -0.475 e. The van der Waals surface area contributed by atoms with Gasteiger partial charge >= 0.3 is 0 Å². The number of aromatic nitrogens is 2. The van der Waals surface area contributed by atoms with Crippen LogP contribution in [0.1, 0.15) is 25.3 Å². The van der Waals surface area contributed by atoms with E-state index in [2.05, 4.69) is 31.1 Å². The summed E-state index contributed by atoms with van der Waals surface area (Å²) in [7, 11) is 0. The second kappa shape index (κ2) is 9.00. The minimum absolute atomic E-state index is 0.0387. The van der Waals surface area contributed by atoms with Crippen molar-refractivity contribution in [2.75, 3.05) is 29.9 Å². The van der Waals surface area contributed by atoms with Gasteiger partial charge in [-0.15, -0.1) is 0 Å². The van der Waals surface area contributed by atoms with E-state index in [0.717, 1.165) is 46.1 Å². The van der Waals surface area contributed by atoms with Crippen molar-refractivity contribution >= 4 is 44.4 Å². The molecule has 0 bridgehead atoms. The molecule has 1 atom stereocenters. The maximum Gasteiger partial charge on any atom is 0.258 e. The number of rotatable bonds is 5. The van der Waals surface area contributed by atoms with E-state index in [4.69, 9.17) is 9.72 Å². The van der Waals surface area contributed by atoms with Crippen LogP contribution in [0, 0.1) is 12.8 Å². The number of para-hydroxylation sites is 2. The highest BCUT2D eigenvalue weighted by molar-refractivity contribution is 9.10. The number of anilines is 2. The molecule has 1 saturated heterocycles. The van der Waals surface area contributed by atoms with Crippen molar-refractivity contribution in [3.8, 4) is 5.88 Å². The van der Waals surface area contributed by atoms with Crippen molar-refractivity contribution in [1.82, 2.24) is 9.97 Å². The summed E-state index contributed by atoms with van der Waals surface area (Å²) < 4.78 is 6.80. The normalized spacial score (nSPS) is 16.5. The van der Waals surface area contributed by atoms with E-state index < -0.39 is 0 Å². The SMILES string of the molecule is CCOc1nc2ccccc2nc1N1CCC[C@H](C(=O)Nc2ccc(Br)cc2C)C1. The van der Waals surface area contributed by atoms with Crippen molar-refractivity contribution in [3.63, 3.8) is 0 Å². The van der Waals surface area contributed by atoms with Crippen LogP contribution in [0.15, 0.2) is 46.9 Å². The maximum absolute atomic E-state index is 13.0. The molecule has 2 heterocycles. The van der Waals surface area contributed by atoms with Crippen LogP contribution in [0.2, 0.25) is 0 Å². The lowest BCUT2D eigenvalue weighted by Gasteiger charge is -2.33. The molecule has 0 saturated carbocycles. The topological polar surface area (TPSA) is 67.4 Å². The number of ether oxygens (including phenoxy) is 1. The van der Waals surface area contributed by atoms with Crippen LogP contribution >= 0.6 is 15.9 Å². The number of carbonyl (C=O) groups is 1. The summed E-state index contributed by atoms with van der Waals surface area (Å²) in [6.07, 6.45) is 1.76. The van der Waals surface area contributed by atoms with Crippen molar-refractivity contribution in [1.29, 1.82) is 0 Å². The number of benzene rings is 2. The Balaban J connectivity index is 1.56. The number of hydrogen-bond donors (Lipinski definition) is 1. The fourth-order valence-electron chi connectivity index (χ4n) is 3.80. The number of piperidine rings is 1. The Bertz CT molecular complexity index is 1070. The first-order valence-corrected chi connectivity index (χ1v) is 11.1. The highest BCUT2D eigenvalue weighted by Crippen LogP contribution is 2.31. The van der Waals surface area contributed by atoms with Gasteiger partial charge in [-0.3, -0.25) is 4.79 Å². The monoisotopic (exact) mass is 468 g/mol. The number of nitrogens with one attached hydrogen (secondary N) is 1. The first-order valence-electron chi connectivity index (χ1n) is 10.3. The quantitative estimate of drug-likeness (QED) is 0.573. The van der Waals surface area contributed by atoms with Gasteiger partial charge in [-0.05, 0) is 62.6 Å². The maximum atomic E-state index is 13.0. The zero-order valence-corrected chi connectivity index (χ0v) is 18.8. The molecular formula is C23H25BrN4O2. The molecule has 6 nitrogen and oxygen atoms in total. The van der Waals surface area contributed by atoms with Crippen LogP contribution in [-0.4, -0.2) is 35.6 Å². The summed E-state index contributed by atoms with van der Waals surface area (Å²) in [6.45, 7) is 5.86. The molecule has 1 aromatic heterocycles. The summed E-state index contributed by atoms with van der Waals surface area (Å²) in [5.41, 5.74) is 3.51. The molecule has 4 rings (SSSR count). The largest absolute Gasteiger partial charge is 0.475 e. The van der Waals surface area contributed by atoms with Gasteiger partial charge in [-0.2, -0.15) is 0 Å². The Hall–Kier alpha value is -2.67. The predicted octanol–water partition coefficient (Wildman–Crippen LogP) is 4.95. The number of carbonyl (C=O) groups excluding carboxylic acids is 1. The van der Waals surface area contributed by atoms with Gasteiger partial charge in [0.25, 0.3) is 5.88 Å². The third-order valence-corrected chi connectivity index (χ3v) is 5.83. The summed E-state index contributed by atoms with van der Waals surface area (Å²) in [5, 5.41) is 3.09. The van der Waals surface area contributed by atoms with Crippen LogP contribution in [0.25, 0.3) is 11.0 Å². The van der Waals surface area contributed by atoms with Crippen LogP contribution in [0.4, 0.5) is 11.5 Å². The van der Waals surface area contributed by atoms with Crippen LogP contribution in [0.3, 0.4) is 0 Å². The van der Waals surface area contributed by atoms with Crippen molar-refractivity contribution in [2.45, 2.75) is 26.7 Å². The molecule has 156 valence electrons. The molecule has 0 aliphatic carbocycles. The standard InChI is InChI=1S/C23H25BrN4O2/c1-3-30-23-21(25-19-8-4-5-9-20(19)27-23)28-12-6-7-16(14-28)22(29)26-18-11-10-17(24)13-15(18)2/h4-5,8-11,13,16H,3,6-7,12,14H2,1-2H3,(H,26,29)/t16-/m0/s1. The van der Waals surface area contributed by atoms with Crippen LogP contribution in [-0.2, 0) is 4.79 Å². The lowest BCUT2D eigenvalue weighted by atomic mass is 9.97. The molecule has 30 heavy (non-hydrogen) atoms. The number of fused-ring (bicyclic) bond motifs is 1. The smallest absolute Gasteiger partial charge is 0.258 e. The van der Waals surface area contributed by atoms with E-state index in [1.807, 2.05) is 56.3 Å². The van der Waals surface area contributed by atoms with Gasteiger partial charge in [-0.1, -0.05) is 28.1 Å². The van der Waals surface area contributed by atoms with Gasteiger partial charge in [0.1, 0.15) is 0 Å². The first kappa shape index (κ1) is 20.6. The Labute approximate surface area is 184 Å². The lowest BCUT2D eigenvalue weighted by Crippen LogP contribution is -2.41. The molecule has 0 radical (unpaired) electrons. The van der Waals surface area contributed by atoms with Gasteiger partial charge in [0, 0.05) is 23.2 Å². The Morgan fingerprint density at radius 2 is 2.00 bits per heavy atom. The summed E-state index contributed by atoms with van der Waals surface area (Å²) in [5.74, 6) is 1.16. The Kier molecular flexibility index (Phi) is 6.18. The molecule has 1 fully saturated rings. The van der Waals surface area contributed by atoms with Gasteiger partial charge in [0.05, 0.1) is 23.6 Å². The molecule has 1 amide bonds. The van der Waals surface area contributed by atoms with E-state index in [-0.39, 0.29) is 11.8 Å². The fourth-order valence-corrected chi connectivity index (χ4v) is 4.28. The Morgan fingerprint density at radius 3 is 2.73 bits per heavy atom. The molecule has 1 N–H and O–H groups in total. The van der Waals surface area contributed by atoms with E-state index in [1.165, 1.54) is 0 Å². The number of hydrogen-bond acceptors (Lipinski definition) is 5. The first-order chi connectivity index (χ1) is 14.5. The average molecular weight is 469 g/mol. The van der Waals surface area contributed by atoms with Crippen LogP contribution < -0.4 is 15.0 Å². The van der Waals surface area contributed by atoms with E-state index in [9.17, 15) is 4.79 Å². The molecule has 0 unspecified atom stereocenters. The predicted molar refractivity (Wildman–Crippen MR) is 123 cm³/mol. The van der Waals surface area contributed by atoms with Crippen molar-refractivity contribution < 1.29 is 9.53 Å². The lowest BCUT2D eigenvalue weighted by molar-refractivity contribution is -0.120. The Morgan fingerprint density at radius 1 is 1.23 bits per heavy atom. The average Bonchev–Trinajstić information content (AvgIpc) is 2.75. The highest BCUT2D eigenvalue weighted by atomic mass is 79.9. The molecule has 0 spiro atoms. The minimum atomic E-state index is -0.121. The number of aryl methyl sites for hydroxylation is 1. The molecule has 1 aliphatic rings. The third-order valence-electron chi connectivity index (χ3n) is 5.34. The van der Waals surface area contributed by atoms with E-state index in [0.29, 0.717) is 24.8 Å². The van der Waals surface area contributed by atoms with Crippen molar-refractivity contribution in [2.24, 2.45) is 5.92 Å². The van der Waals surface area contributed by atoms with Gasteiger partial charge in [0.15, 0.2) is 5.82 Å². The number of amides is 1. The summed E-state index contributed by atoms with van der Waals surface area (Å²) in [4.78, 5) is 24.6. The molecular weight excluding hydrogens is 444 g/mol. The second-order valence-corrected chi connectivity index (χ2v) is 8.42. The second-order valence-electron chi connectivity index (χ2n) is 7.51. The fraction of sp³-hybridized carbons (Fsp3) is 0.348. The van der Waals surface area contributed by atoms with Crippen LogP contribution in [0.5, 0.6) is 5.88 Å². The van der Waals surface area contributed by atoms with Gasteiger partial charge < -0.3 is 15.0 Å². The summed E-state index contributed by atoms with van der Waals surface area (Å²) in [6, 6.07) is 13.6. The molecule has 1 aliphatic heterocycles. The zero-order valence-electron chi connectivity index (χ0n) is 17.2. The third kappa shape index (κ3) is 4.41. The zero-order chi connectivity index (χ0) is 21.1. The number of halogens is 1. The van der Waals surface area contributed by atoms with Crippen molar-refractivity contribution in [3.05, 3.63) is 52.5 Å². The molecule has 7 heteroatoms. The number of nitrogens with zero attached hydrogens (tertiary/aromatic N) is 3. The van der Waals surface area contributed by atoms with E-state index in [1.54, 1.807) is 0 Å².